The molecule has 122 valence electrons. The van der Waals surface area contributed by atoms with E-state index in [1.807, 2.05) is 13.1 Å². The number of urea groups is 1. The fourth-order valence-electron chi connectivity index (χ4n) is 2.92. The van der Waals surface area contributed by atoms with Crippen molar-refractivity contribution in [2.45, 2.75) is 26.3 Å². The molecule has 2 aromatic rings. The number of hydrogen-bond acceptors (Lipinski definition) is 3. The highest BCUT2D eigenvalue weighted by molar-refractivity contribution is 5.88. The lowest BCUT2D eigenvalue weighted by molar-refractivity contribution is 0.252. The second-order valence-corrected chi connectivity index (χ2v) is 5.68. The van der Waals surface area contributed by atoms with Crippen molar-refractivity contribution in [3.05, 3.63) is 42.2 Å². The van der Waals surface area contributed by atoms with Gasteiger partial charge in [-0.1, -0.05) is 18.2 Å². The minimum atomic E-state index is -0.189. The number of hydrogen-bond donors (Lipinski definition) is 2. The third-order valence-corrected chi connectivity index (χ3v) is 4.09. The lowest BCUT2D eigenvalue weighted by atomic mass is 10.0. The number of aryl methyl sites for hydroxylation is 2. The zero-order valence-electron chi connectivity index (χ0n) is 13.5. The number of carbonyl (C=O) groups excluding carboxylic acids is 1. The largest absolute Gasteiger partial charge is 0.370 e. The van der Waals surface area contributed by atoms with Crippen molar-refractivity contribution in [2.75, 3.05) is 29.9 Å². The molecule has 0 fully saturated rings. The fraction of sp³-hybridized carbons (Fsp3) is 0.412. The van der Waals surface area contributed by atoms with Gasteiger partial charge in [-0.15, -0.1) is 0 Å². The number of para-hydroxylation sites is 1. The number of nitrogens with one attached hydrogen (secondary N) is 2. The Morgan fingerprint density at radius 1 is 1.35 bits per heavy atom. The van der Waals surface area contributed by atoms with E-state index in [2.05, 4.69) is 44.9 Å². The molecule has 0 aliphatic carbocycles. The zero-order chi connectivity index (χ0) is 16.1. The summed E-state index contributed by atoms with van der Waals surface area (Å²) >= 11 is 0. The highest BCUT2D eigenvalue weighted by Gasteiger charge is 2.15. The molecule has 0 radical (unpaired) electrons. The van der Waals surface area contributed by atoms with E-state index in [9.17, 15) is 4.79 Å². The third kappa shape index (κ3) is 3.83. The second-order valence-electron chi connectivity index (χ2n) is 5.68. The highest BCUT2D eigenvalue weighted by Crippen LogP contribution is 2.25. The molecule has 1 aromatic heterocycles. The first-order chi connectivity index (χ1) is 11.3. The Labute approximate surface area is 136 Å². The van der Waals surface area contributed by atoms with E-state index in [-0.39, 0.29) is 6.03 Å². The number of aromatic nitrogens is 2. The first kappa shape index (κ1) is 15.4. The first-order valence-electron chi connectivity index (χ1n) is 8.16. The van der Waals surface area contributed by atoms with E-state index < -0.39 is 0 Å². The maximum absolute atomic E-state index is 11.9. The van der Waals surface area contributed by atoms with Gasteiger partial charge in [0.1, 0.15) is 0 Å². The normalized spacial score (nSPS) is 13.5. The van der Waals surface area contributed by atoms with Crippen molar-refractivity contribution < 1.29 is 4.79 Å². The summed E-state index contributed by atoms with van der Waals surface area (Å²) in [6.45, 7) is 5.27. The molecule has 0 spiro atoms. The summed E-state index contributed by atoms with van der Waals surface area (Å²) in [6.07, 6.45) is 5.78. The van der Waals surface area contributed by atoms with Crippen LogP contribution in [0.2, 0.25) is 0 Å². The average molecular weight is 313 g/mol. The van der Waals surface area contributed by atoms with E-state index >= 15 is 0 Å². The van der Waals surface area contributed by atoms with Crippen LogP contribution in [0.4, 0.5) is 16.2 Å². The monoisotopic (exact) mass is 313 g/mol. The minimum Gasteiger partial charge on any atom is -0.370 e. The number of amides is 2. The van der Waals surface area contributed by atoms with E-state index in [1.165, 1.54) is 17.7 Å². The molecule has 6 nitrogen and oxygen atoms in total. The van der Waals surface area contributed by atoms with Crippen LogP contribution in [0.1, 0.15) is 18.9 Å². The second kappa shape index (κ2) is 7.17. The van der Waals surface area contributed by atoms with Crippen LogP contribution in [-0.4, -0.2) is 35.4 Å². The van der Waals surface area contributed by atoms with Crippen molar-refractivity contribution in [1.82, 2.24) is 15.1 Å². The van der Waals surface area contributed by atoms with Crippen LogP contribution < -0.4 is 15.5 Å². The number of nitrogens with zero attached hydrogens (tertiary/aromatic N) is 3. The number of fused-ring (bicyclic) bond motifs is 1. The molecule has 1 aliphatic heterocycles. The summed E-state index contributed by atoms with van der Waals surface area (Å²) in [6, 6.07) is 8.32. The molecule has 0 unspecified atom stereocenters. The smallest absolute Gasteiger partial charge is 0.319 e. The molecular formula is C17H23N5O. The van der Waals surface area contributed by atoms with Crippen molar-refractivity contribution in [2.24, 2.45) is 0 Å². The predicted molar refractivity (Wildman–Crippen MR) is 91.9 cm³/mol. The third-order valence-electron chi connectivity index (χ3n) is 4.09. The number of benzene rings is 1. The Morgan fingerprint density at radius 3 is 3.04 bits per heavy atom. The quantitative estimate of drug-likeness (QED) is 0.891. The van der Waals surface area contributed by atoms with Crippen molar-refractivity contribution in [1.29, 1.82) is 0 Å². The van der Waals surface area contributed by atoms with Crippen LogP contribution in [0.15, 0.2) is 36.7 Å². The van der Waals surface area contributed by atoms with Gasteiger partial charge in [-0.3, -0.25) is 4.68 Å². The molecule has 2 heterocycles. The Kier molecular flexibility index (Phi) is 4.80. The summed E-state index contributed by atoms with van der Waals surface area (Å²) in [5.41, 5.74) is 3.41. The molecule has 1 aromatic carbocycles. The fourth-order valence-corrected chi connectivity index (χ4v) is 2.92. The molecule has 3 rings (SSSR count). The van der Waals surface area contributed by atoms with Gasteiger partial charge in [0.2, 0.25) is 0 Å². The van der Waals surface area contributed by atoms with Crippen LogP contribution in [0.3, 0.4) is 0 Å². The molecule has 0 saturated carbocycles. The Hall–Kier alpha value is -2.50. The summed E-state index contributed by atoms with van der Waals surface area (Å²) in [5.74, 6) is 0. The topological polar surface area (TPSA) is 62.2 Å². The van der Waals surface area contributed by atoms with Crippen LogP contribution in [0.25, 0.3) is 0 Å². The van der Waals surface area contributed by atoms with E-state index in [1.54, 1.807) is 10.9 Å². The van der Waals surface area contributed by atoms with Gasteiger partial charge in [0.05, 0.1) is 11.9 Å². The predicted octanol–water partition coefficient (Wildman–Crippen LogP) is 2.48. The van der Waals surface area contributed by atoms with Crippen molar-refractivity contribution in [3.8, 4) is 0 Å². The van der Waals surface area contributed by atoms with Crippen LogP contribution in [0.5, 0.6) is 0 Å². The minimum absolute atomic E-state index is 0.189. The Balaban J connectivity index is 1.47. The average Bonchev–Trinajstić information content (AvgIpc) is 3.02. The van der Waals surface area contributed by atoms with Gasteiger partial charge >= 0.3 is 6.03 Å². The standard InChI is InChI=1S/C17H23N5O/c1-2-22-13-15(12-19-22)20-17(23)18-9-11-21-10-5-7-14-6-3-4-8-16(14)21/h3-4,6,8,12-13H,2,5,7,9-11H2,1H3,(H2,18,20,23). The van der Waals surface area contributed by atoms with Gasteiger partial charge in [0.25, 0.3) is 0 Å². The summed E-state index contributed by atoms with van der Waals surface area (Å²) in [5, 5.41) is 9.84. The maximum atomic E-state index is 11.9. The molecule has 0 saturated heterocycles. The van der Waals surface area contributed by atoms with Gasteiger partial charge in [0.15, 0.2) is 0 Å². The number of carbonyl (C=O) groups is 1. The highest BCUT2D eigenvalue weighted by atomic mass is 16.2. The summed E-state index contributed by atoms with van der Waals surface area (Å²) in [4.78, 5) is 14.3. The Morgan fingerprint density at radius 2 is 2.22 bits per heavy atom. The van der Waals surface area contributed by atoms with Gasteiger partial charge in [0, 0.05) is 38.1 Å². The number of rotatable bonds is 5. The van der Waals surface area contributed by atoms with Gasteiger partial charge in [-0.2, -0.15) is 5.10 Å². The van der Waals surface area contributed by atoms with Crippen LogP contribution in [-0.2, 0) is 13.0 Å². The molecule has 0 atom stereocenters. The lowest BCUT2D eigenvalue weighted by Crippen LogP contribution is -2.39. The number of anilines is 2. The van der Waals surface area contributed by atoms with Crippen molar-refractivity contribution >= 4 is 17.4 Å². The molecule has 2 amide bonds. The molecular weight excluding hydrogens is 290 g/mol. The molecule has 6 heteroatoms. The molecule has 23 heavy (non-hydrogen) atoms. The van der Waals surface area contributed by atoms with Gasteiger partial charge in [-0.25, -0.2) is 4.79 Å². The van der Waals surface area contributed by atoms with Gasteiger partial charge in [-0.05, 0) is 31.4 Å². The van der Waals surface area contributed by atoms with E-state index in [0.29, 0.717) is 12.2 Å². The first-order valence-corrected chi connectivity index (χ1v) is 8.16. The van der Waals surface area contributed by atoms with E-state index in [0.717, 1.165) is 26.1 Å². The molecule has 0 bridgehead atoms. The maximum Gasteiger partial charge on any atom is 0.319 e. The Bertz CT molecular complexity index is 667. The zero-order valence-corrected chi connectivity index (χ0v) is 13.5. The molecule has 1 aliphatic rings. The SMILES string of the molecule is CCn1cc(NC(=O)NCCN2CCCc3ccccc32)cn1. The van der Waals surface area contributed by atoms with Crippen LogP contribution in [0, 0.1) is 0 Å². The lowest BCUT2D eigenvalue weighted by Gasteiger charge is -2.31. The van der Waals surface area contributed by atoms with Crippen LogP contribution >= 0.6 is 0 Å². The summed E-state index contributed by atoms with van der Waals surface area (Å²) < 4.78 is 1.78. The van der Waals surface area contributed by atoms with E-state index in [4.69, 9.17) is 0 Å². The molecule has 2 N–H and O–H groups in total. The summed E-state index contributed by atoms with van der Waals surface area (Å²) in [7, 11) is 0. The van der Waals surface area contributed by atoms with Gasteiger partial charge < -0.3 is 15.5 Å². The van der Waals surface area contributed by atoms with Crippen molar-refractivity contribution in [3.63, 3.8) is 0 Å².